The lowest BCUT2D eigenvalue weighted by atomic mass is 10.0. The van der Waals surface area contributed by atoms with Gasteiger partial charge in [0.05, 0.1) is 10.5 Å². The molecular formula is C22H20F3N3O4S. The monoisotopic (exact) mass is 479 g/mol. The second kappa shape index (κ2) is 8.64. The van der Waals surface area contributed by atoms with E-state index in [-0.39, 0.29) is 17.0 Å². The minimum Gasteiger partial charge on any atom is -0.441 e. The summed E-state index contributed by atoms with van der Waals surface area (Å²) in [6.07, 6.45) is -4.38. The van der Waals surface area contributed by atoms with Gasteiger partial charge in [0.25, 0.3) is 6.10 Å². The van der Waals surface area contributed by atoms with E-state index in [1.54, 1.807) is 0 Å². The van der Waals surface area contributed by atoms with Gasteiger partial charge in [0.15, 0.2) is 5.82 Å². The Morgan fingerprint density at radius 3 is 2.36 bits per heavy atom. The molecular weight excluding hydrogens is 459 g/mol. The molecule has 0 bridgehead atoms. The first-order valence-electron chi connectivity index (χ1n) is 9.99. The van der Waals surface area contributed by atoms with Gasteiger partial charge in [-0.3, -0.25) is 0 Å². The van der Waals surface area contributed by atoms with Crippen molar-refractivity contribution < 1.29 is 31.1 Å². The van der Waals surface area contributed by atoms with Crippen molar-refractivity contribution >= 4 is 16.0 Å². The predicted molar refractivity (Wildman–Crippen MR) is 112 cm³/mol. The molecule has 0 N–H and O–H groups in total. The molecule has 1 aliphatic rings. The van der Waals surface area contributed by atoms with Gasteiger partial charge in [-0.05, 0) is 41.8 Å². The average Bonchev–Trinajstić information content (AvgIpc) is 3.21. The van der Waals surface area contributed by atoms with Crippen LogP contribution in [-0.4, -0.2) is 41.0 Å². The SMILES string of the molecule is Cn1ccnc1[C@@H](OC(=O)c1ccc(S(=O)(=O)N2CCc3ccccc3C2)cc1)C(F)(F)F. The largest absolute Gasteiger partial charge is 0.441 e. The van der Waals surface area contributed by atoms with Crippen LogP contribution in [0.1, 0.15) is 33.4 Å². The Labute approximate surface area is 188 Å². The van der Waals surface area contributed by atoms with E-state index >= 15 is 0 Å². The van der Waals surface area contributed by atoms with Crippen LogP contribution >= 0.6 is 0 Å². The summed E-state index contributed by atoms with van der Waals surface area (Å²) in [5.74, 6) is -1.71. The number of esters is 1. The van der Waals surface area contributed by atoms with Crippen molar-refractivity contribution in [3.8, 4) is 0 Å². The third-order valence-corrected chi connectivity index (χ3v) is 7.30. The van der Waals surface area contributed by atoms with Gasteiger partial charge in [0, 0.05) is 32.5 Å². The van der Waals surface area contributed by atoms with Crippen molar-refractivity contribution in [2.24, 2.45) is 7.05 Å². The number of rotatable bonds is 5. The van der Waals surface area contributed by atoms with Crippen molar-refractivity contribution in [2.45, 2.75) is 30.1 Å². The van der Waals surface area contributed by atoms with Crippen LogP contribution in [0.3, 0.4) is 0 Å². The third kappa shape index (κ3) is 4.64. The fourth-order valence-corrected chi connectivity index (χ4v) is 5.08. The summed E-state index contributed by atoms with van der Waals surface area (Å²) in [4.78, 5) is 16.0. The van der Waals surface area contributed by atoms with Gasteiger partial charge in [-0.15, -0.1) is 0 Å². The quantitative estimate of drug-likeness (QED) is 0.522. The highest BCUT2D eigenvalue weighted by atomic mass is 32.2. The number of aryl methyl sites for hydroxylation is 1. The van der Waals surface area contributed by atoms with E-state index in [2.05, 4.69) is 4.98 Å². The van der Waals surface area contributed by atoms with Gasteiger partial charge in [-0.25, -0.2) is 18.2 Å². The van der Waals surface area contributed by atoms with Crippen molar-refractivity contribution in [2.75, 3.05) is 6.54 Å². The van der Waals surface area contributed by atoms with E-state index in [1.807, 2.05) is 24.3 Å². The summed E-state index contributed by atoms with van der Waals surface area (Å²) in [6, 6.07) is 12.2. The van der Waals surface area contributed by atoms with E-state index in [9.17, 15) is 26.4 Å². The molecule has 0 amide bonds. The lowest BCUT2D eigenvalue weighted by Crippen LogP contribution is -2.35. The van der Waals surface area contributed by atoms with E-state index in [4.69, 9.17) is 4.74 Å². The Hall–Kier alpha value is -3.18. The number of benzene rings is 2. The van der Waals surface area contributed by atoms with Gasteiger partial charge in [0.2, 0.25) is 10.0 Å². The lowest BCUT2D eigenvalue weighted by molar-refractivity contribution is -0.210. The van der Waals surface area contributed by atoms with Gasteiger partial charge >= 0.3 is 12.1 Å². The Balaban J connectivity index is 1.52. The number of hydrogen-bond acceptors (Lipinski definition) is 5. The lowest BCUT2D eigenvalue weighted by Gasteiger charge is -2.28. The molecule has 0 saturated heterocycles. The minimum absolute atomic E-state index is 0.0603. The zero-order chi connectivity index (χ0) is 23.8. The maximum Gasteiger partial charge on any atom is 0.432 e. The standard InChI is InChI=1S/C22H20F3N3O4S/c1-27-13-11-26-20(27)19(22(23,24)25)32-21(29)16-6-8-18(9-7-16)33(30,31)28-12-10-15-4-2-3-5-17(15)14-28/h2-9,11,13,19H,10,12,14H2,1H3/t19-/m1/s1. The molecule has 0 aliphatic carbocycles. The van der Waals surface area contributed by atoms with Gasteiger partial charge < -0.3 is 9.30 Å². The van der Waals surface area contributed by atoms with Crippen LogP contribution in [0.15, 0.2) is 65.8 Å². The van der Waals surface area contributed by atoms with Crippen LogP contribution < -0.4 is 0 Å². The number of carbonyl (C=O) groups is 1. The van der Waals surface area contributed by atoms with E-state index in [1.165, 1.54) is 35.9 Å². The summed E-state index contributed by atoms with van der Waals surface area (Å²) in [5, 5.41) is 0. The molecule has 0 fully saturated rings. The molecule has 0 unspecified atom stereocenters. The van der Waals surface area contributed by atoms with E-state index < -0.39 is 34.1 Å². The number of alkyl halides is 3. The summed E-state index contributed by atoms with van der Waals surface area (Å²) in [6.45, 7) is 0.527. The molecule has 0 saturated carbocycles. The van der Waals surface area contributed by atoms with Gasteiger partial charge in [0.1, 0.15) is 0 Å². The number of hydrogen-bond donors (Lipinski definition) is 0. The molecule has 33 heavy (non-hydrogen) atoms. The maximum absolute atomic E-state index is 13.5. The highest BCUT2D eigenvalue weighted by Gasteiger charge is 2.46. The molecule has 0 radical (unpaired) electrons. The Morgan fingerprint density at radius 2 is 1.76 bits per heavy atom. The first-order valence-corrected chi connectivity index (χ1v) is 11.4. The number of aromatic nitrogens is 2. The fraction of sp³-hybridized carbons (Fsp3) is 0.273. The van der Waals surface area contributed by atoms with Crippen LogP contribution in [0.2, 0.25) is 0 Å². The first kappa shape index (κ1) is 23.0. The number of imidazole rings is 1. The van der Waals surface area contributed by atoms with Crippen LogP contribution in [0.5, 0.6) is 0 Å². The summed E-state index contributed by atoms with van der Waals surface area (Å²) >= 11 is 0. The number of nitrogens with zero attached hydrogens (tertiary/aromatic N) is 3. The number of sulfonamides is 1. The zero-order valence-corrected chi connectivity index (χ0v) is 18.3. The second-order valence-corrected chi connectivity index (χ2v) is 9.54. The number of halogens is 3. The molecule has 0 spiro atoms. The average molecular weight is 479 g/mol. The van der Waals surface area contributed by atoms with Crippen LogP contribution in [-0.2, 0) is 34.8 Å². The van der Waals surface area contributed by atoms with E-state index in [0.29, 0.717) is 13.0 Å². The summed E-state index contributed by atoms with van der Waals surface area (Å²) < 4.78 is 73.6. The summed E-state index contributed by atoms with van der Waals surface area (Å²) in [7, 11) is -2.49. The molecule has 1 aliphatic heterocycles. The smallest absolute Gasteiger partial charge is 0.432 e. The third-order valence-electron chi connectivity index (χ3n) is 5.44. The zero-order valence-electron chi connectivity index (χ0n) is 17.5. The van der Waals surface area contributed by atoms with Crippen LogP contribution in [0.4, 0.5) is 13.2 Å². The Bertz CT molecular complexity index is 1270. The van der Waals surface area contributed by atoms with Crippen LogP contribution in [0, 0.1) is 0 Å². The second-order valence-electron chi connectivity index (χ2n) is 7.60. The molecule has 1 atom stereocenters. The molecule has 4 rings (SSSR count). The topological polar surface area (TPSA) is 81.5 Å². The van der Waals surface area contributed by atoms with Gasteiger partial charge in [-0.2, -0.15) is 17.5 Å². The van der Waals surface area contributed by atoms with Gasteiger partial charge in [-0.1, -0.05) is 24.3 Å². The Kier molecular flexibility index (Phi) is 6.02. The maximum atomic E-state index is 13.5. The van der Waals surface area contributed by atoms with Crippen molar-refractivity contribution in [1.29, 1.82) is 0 Å². The fourth-order valence-electron chi connectivity index (χ4n) is 3.66. The number of carbonyl (C=O) groups excluding carboxylic acids is 1. The number of ether oxygens (including phenoxy) is 1. The molecule has 1 aromatic heterocycles. The predicted octanol–water partition coefficient (Wildman–Crippen LogP) is 3.63. The molecule has 2 heterocycles. The molecule has 2 aromatic carbocycles. The molecule has 174 valence electrons. The summed E-state index contributed by atoms with van der Waals surface area (Å²) in [5.41, 5.74) is 1.80. The van der Waals surface area contributed by atoms with Crippen molar-refractivity contribution in [1.82, 2.24) is 13.9 Å². The van der Waals surface area contributed by atoms with E-state index in [0.717, 1.165) is 27.8 Å². The number of fused-ring (bicyclic) bond motifs is 1. The van der Waals surface area contributed by atoms with Crippen molar-refractivity contribution in [3.63, 3.8) is 0 Å². The highest BCUT2D eigenvalue weighted by molar-refractivity contribution is 7.89. The highest BCUT2D eigenvalue weighted by Crippen LogP contribution is 2.35. The molecule has 7 nitrogen and oxygen atoms in total. The normalized spacial score (nSPS) is 15.6. The molecule has 3 aromatic rings. The molecule has 11 heteroatoms. The van der Waals surface area contributed by atoms with Crippen LogP contribution in [0.25, 0.3) is 0 Å². The van der Waals surface area contributed by atoms with Crippen molar-refractivity contribution in [3.05, 3.63) is 83.4 Å². The Morgan fingerprint density at radius 1 is 1.09 bits per heavy atom. The minimum atomic E-state index is -4.87. The first-order chi connectivity index (χ1) is 15.6.